The van der Waals surface area contributed by atoms with Crippen molar-refractivity contribution >= 4 is 23.4 Å². The van der Waals surface area contributed by atoms with Crippen molar-refractivity contribution in [3.63, 3.8) is 0 Å². The van der Waals surface area contributed by atoms with Crippen LogP contribution < -0.4 is 5.32 Å². The molecular formula is C16H22ClFN2O2. The van der Waals surface area contributed by atoms with E-state index in [0.717, 1.165) is 12.8 Å². The summed E-state index contributed by atoms with van der Waals surface area (Å²) in [6.45, 7) is 6.70. The molecule has 6 heteroatoms. The van der Waals surface area contributed by atoms with Crippen molar-refractivity contribution < 1.29 is 13.9 Å². The number of nitrogens with zero attached hydrogens (tertiary/aromatic N) is 1. The Balaban J connectivity index is 1.89. The Hall–Kier alpha value is -1.49. The largest absolute Gasteiger partial charge is 0.444 e. The second-order valence-electron chi connectivity index (χ2n) is 6.48. The SMILES string of the molecule is CC(C)(C)OC(=O)N1CCC(Nc2c(F)cccc2Cl)CC1. The molecule has 1 heterocycles. The average molecular weight is 329 g/mol. The molecule has 0 aliphatic carbocycles. The first kappa shape index (κ1) is 16.9. The van der Waals surface area contributed by atoms with Crippen LogP contribution in [0.3, 0.4) is 0 Å². The van der Waals surface area contributed by atoms with Gasteiger partial charge >= 0.3 is 6.09 Å². The third-order valence-corrected chi connectivity index (χ3v) is 3.77. The fourth-order valence-corrected chi connectivity index (χ4v) is 2.59. The highest BCUT2D eigenvalue weighted by Gasteiger charge is 2.27. The summed E-state index contributed by atoms with van der Waals surface area (Å²) < 4.78 is 19.1. The van der Waals surface area contributed by atoms with Crippen molar-refractivity contribution in [2.75, 3.05) is 18.4 Å². The first-order valence-corrected chi connectivity index (χ1v) is 7.82. The van der Waals surface area contributed by atoms with E-state index in [0.29, 0.717) is 23.8 Å². The van der Waals surface area contributed by atoms with Crippen molar-refractivity contribution in [2.24, 2.45) is 0 Å². The number of benzene rings is 1. The number of ether oxygens (including phenoxy) is 1. The highest BCUT2D eigenvalue weighted by molar-refractivity contribution is 6.33. The van der Waals surface area contributed by atoms with Crippen LogP contribution in [0.5, 0.6) is 0 Å². The van der Waals surface area contributed by atoms with Crippen LogP contribution in [0.1, 0.15) is 33.6 Å². The summed E-state index contributed by atoms with van der Waals surface area (Å²) in [5, 5.41) is 3.51. The molecule has 0 saturated carbocycles. The summed E-state index contributed by atoms with van der Waals surface area (Å²) in [4.78, 5) is 13.7. The van der Waals surface area contributed by atoms with Crippen molar-refractivity contribution in [2.45, 2.75) is 45.3 Å². The fraction of sp³-hybridized carbons (Fsp3) is 0.562. The molecule has 2 rings (SSSR count). The number of rotatable bonds is 2. The number of amides is 1. The number of halogens is 2. The molecule has 22 heavy (non-hydrogen) atoms. The van der Waals surface area contributed by atoms with Gasteiger partial charge in [0.25, 0.3) is 0 Å². The number of piperidine rings is 1. The van der Waals surface area contributed by atoms with E-state index in [1.54, 1.807) is 17.0 Å². The van der Waals surface area contributed by atoms with Crippen LogP contribution in [0, 0.1) is 5.82 Å². The second kappa shape index (κ2) is 6.73. The number of hydrogen-bond acceptors (Lipinski definition) is 3. The minimum Gasteiger partial charge on any atom is -0.444 e. The van der Waals surface area contributed by atoms with Gasteiger partial charge in [0.15, 0.2) is 0 Å². The molecule has 1 aromatic carbocycles. The third-order valence-electron chi connectivity index (χ3n) is 3.46. The Morgan fingerprint density at radius 2 is 2.00 bits per heavy atom. The van der Waals surface area contributed by atoms with Gasteiger partial charge in [-0.25, -0.2) is 9.18 Å². The fourth-order valence-electron chi connectivity index (χ4n) is 2.37. The minimum absolute atomic E-state index is 0.0908. The van der Waals surface area contributed by atoms with Crippen molar-refractivity contribution in [1.82, 2.24) is 4.90 Å². The number of carbonyl (C=O) groups excluding carboxylic acids is 1. The first-order valence-electron chi connectivity index (χ1n) is 7.45. The molecule has 0 spiro atoms. The van der Waals surface area contributed by atoms with Crippen LogP contribution in [0.4, 0.5) is 14.9 Å². The lowest BCUT2D eigenvalue weighted by molar-refractivity contribution is 0.0210. The van der Waals surface area contributed by atoms with Gasteiger partial charge in [-0.15, -0.1) is 0 Å². The maximum Gasteiger partial charge on any atom is 0.410 e. The van der Waals surface area contributed by atoms with Gasteiger partial charge in [-0.05, 0) is 45.7 Å². The summed E-state index contributed by atoms with van der Waals surface area (Å²) in [5.74, 6) is -0.359. The van der Waals surface area contributed by atoms with E-state index in [9.17, 15) is 9.18 Å². The monoisotopic (exact) mass is 328 g/mol. The zero-order valence-corrected chi connectivity index (χ0v) is 13.9. The van der Waals surface area contributed by atoms with Gasteiger partial charge in [-0.2, -0.15) is 0 Å². The van der Waals surface area contributed by atoms with Crippen LogP contribution >= 0.6 is 11.6 Å². The van der Waals surface area contributed by atoms with Crippen molar-refractivity contribution in [3.05, 3.63) is 29.0 Å². The number of carbonyl (C=O) groups is 1. The molecule has 1 saturated heterocycles. The first-order chi connectivity index (χ1) is 10.3. The topological polar surface area (TPSA) is 41.6 Å². The van der Waals surface area contributed by atoms with E-state index in [4.69, 9.17) is 16.3 Å². The lowest BCUT2D eigenvalue weighted by atomic mass is 10.0. The van der Waals surface area contributed by atoms with E-state index >= 15 is 0 Å². The molecule has 0 unspecified atom stereocenters. The molecule has 0 aromatic heterocycles. The van der Waals surface area contributed by atoms with Crippen LogP contribution in [0.25, 0.3) is 0 Å². The number of nitrogens with one attached hydrogen (secondary N) is 1. The quantitative estimate of drug-likeness (QED) is 0.880. The second-order valence-corrected chi connectivity index (χ2v) is 6.89. The van der Waals surface area contributed by atoms with Gasteiger partial charge < -0.3 is 15.0 Å². The third kappa shape index (κ3) is 4.50. The van der Waals surface area contributed by atoms with E-state index in [1.807, 2.05) is 20.8 Å². The summed E-state index contributed by atoms with van der Waals surface area (Å²) in [6.07, 6.45) is 1.16. The Labute approximate surface area is 135 Å². The van der Waals surface area contributed by atoms with E-state index in [2.05, 4.69) is 5.32 Å². The van der Waals surface area contributed by atoms with Crippen molar-refractivity contribution in [3.8, 4) is 0 Å². The molecule has 0 radical (unpaired) electrons. The Bertz CT molecular complexity index is 517. The smallest absolute Gasteiger partial charge is 0.410 e. The molecule has 0 atom stereocenters. The van der Waals surface area contributed by atoms with Gasteiger partial charge in [0.2, 0.25) is 0 Å². The average Bonchev–Trinajstić information content (AvgIpc) is 2.42. The summed E-state index contributed by atoms with van der Waals surface area (Å²) in [5.41, 5.74) is -0.160. The van der Waals surface area contributed by atoms with Crippen LogP contribution in [0.2, 0.25) is 5.02 Å². The molecular weight excluding hydrogens is 307 g/mol. The molecule has 4 nitrogen and oxygen atoms in total. The molecule has 0 bridgehead atoms. The Morgan fingerprint density at radius 3 is 2.55 bits per heavy atom. The number of likely N-dealkylation sites (tertiary alicyclic amines) is 1. The molecule has 1 fully saturated rings. The van der Waals surface area contributed by atoms with Gasteiger partial charge in [-0.1, -0.05) is 17.7 Å². The van der Waals surface area contributed by atoms with Gasteiger partial charge in [-0.3, -0.25) is 0 Å². The standard InChI is InChI=1S/C16H22ClFN2O2/c1-16(2,3)22-15(21)20-9-7-11(8-10-20)19-14-12(17)5-4-6-13(14)18/h4-6,11,19H,7-10H2,1-3H3. The van der Waals surface area contributed by atoms with Gasteiger partial charge in [0.1, 0.15) is 11.4 Å². The zero-order valence-electron chi connectivity index (χ0n) is 13.2. The Morgan fingerprint density at radius 1 is 1.36 bits per heavy atom. The maximum atomic E-state index is 13.8. The normalized spacial score (nSPS) is 16.5. The number of para-hydroxylation sites is 1. The summed E-state index contributed by atoms with van der Waals surface area (Å²) >= 11 is 6.01. The van der Waals surface area contributed by atoms with Gasteiger partial charge in [0.05, 0.1) is 10.7 Å². The lowest BCUT2D eigenvalue weighted by Crippen LogP contribution is -2.44. The molecule has 1 aliphatic rings. The highest BCUT2D eigenvalue weighted by Crippen LogP contribution is 2.27. The molecule has 1 N–H and O–H groups in total. The summed E-state index contributed by atoms with van der Waals surface area (Å²) in [7, 11) is 0. The van der Waals surface area contributed by atoms with Crippen LogP contribution in [-0.2, 0) is 4.74 Å². The molecule has 1 aliphatic heterocycles. The minimum atomic E-state index is -0.493. The number of hydrogen-bond donors (Lipinski definition) is 1. The Kier molecular flexibility index (Phi) is 5.16. The van der Waals surface area contributed by atoms with Crippen LogP contribution in [0.15, 0.2) is 18.2 Å². The molecule has 122 valence electrons. The number of anilines is 1. The predicted molar refractivity (Wildman–Crippen MR) is 85.9 cm³/mol. The van der Waals surface area contributed by atoms with Crippen molar-refractivity contribution in [1.29, 1.82) is 0 Å². The zero-order chi connectivity index (χ0) is 16.3. The summed E-state index contributed by atoms with van der Waals surface area (Å²) in [6, 6.07) is 4.70. The highest BCUT2D eigenvalue weighted by atomic mass is 35.5. The van der Waals surface area contributed by atoms with E-state index < -0.39 is 5.60 Å². The van der Waals surface area contributed by atoms with E-state index in [1.165, 1.54) is 6.07 Å². The predicted octanol–water partition coefficient (Wildman–Crippen LogP) is 4.29. The van der Waals surface area contributed by atoms with E-state index in [-0.39, 0.29) is 18.0 Å². The van der Waals surface area contributed by atoms with Crippen LogP contribution in [-0.4, -0.2) is 35.7 Å². The molecule has 1 aromatic rings. The lowest BCUT2D eigenvalue weighted by Gasteiger charge is -2.34. The molecule has 1 amide bonds. The maximum absolute atomic E-state index is 13.8. The van der Waals surface area contributed by atoms with Gasteiger partial charge in [0, 0.05) is 19.1 Å².